The summed E-state index contributed by atoms with van der Waals surface area (Å²) in [5, 5.41) is 9.08. The highest BCUT2D eigenvalue weighted by molar-refractivity contribution is 5.83. The van der Waals surface area contributed by atoms with Crippen molar-refractivity contribution in [3.8, 4) is 0 Å². The second-order valence-electron chi connectivity index (χ2n) is 11.0. The van der Waals surface area contributed by atoms with Crippen LogP contribution in [-0.4, -0.2) is 16.9 Å². The number of aliphatic carboxylic acids is 1. The van der Waals surface area contributed by atoms with Gasteiger partial charge < -0.3 is 5.11 Å². The molecular formula is C24H38O3. The monoisotopic (exact) mass is 374 g/mol. The lowest BCUT2D eigenvalue weighted by Crippen LogP contribution is -2.56. The number of carboxylic acids is 1. The molecule has 4 rings (SSSR count). The van der Waals surface area contributed by atoms with Gasteiger partial charge in [0.05, 0.1) is 0 Å². The molecule has 27 heavy (non-hydrogen) atoms. The molecule has 4 aliphatic rings. The highest BCUT2D eigenvalue weighted by atomic mass is 16.4. The van der Waals surface area contributed by atoms with Crippen LogP contribution in [0.3, 0.4) is 0 Å². The topological polar surface area (TPSA) is 54.4 Å². The van der Waals surface area contributed by atoms with Crippen LogP contribution in [0, 0.1) is 46.3 Å². The van der Waals surface area contributed by atoms with Crippen molar-refractivity contribution in [2.24, 2.45) is 46.3 Å². The Labute approximate surface area is 164 Å². The van der Waals surface area contributed by atoms with Gasteiger partial charge in [-0.05, 0) is 85.4 Å². The van der Waals surface area contributed by atoms with E-state index in [1.54, 1.807) is 0 Å². The number of fused-ring (bicyclic) bond motifs is 5. The Morgan fingerprint density at radius 3 is 2.56 bits per heavy atom. The van der Waals surface area contributed by atoms with Crippen molar-refractivity contribution in [2.45, 2.75) is 91.4 Å². The van der Waals surface area contributed by atoms with Crippen LogP contribution in [0.4, 0.5) is 0 Å². The standard InChI is InChI=1S/C24H38O3/c1-15(7-10-21(26)27)17-8-9-18-22-19(11-13-24(17,18)3)23(2)12-5-4-6-16(23)14-20(22)25/h15-19,22H,4-14H2,1-3H3,(H,26,27)/t15-,16+,17-,18+,19+,22+,23+,24-/m1/s1. The number of carbonyl (C=O) groups excluding carboxylic acids is 1. The van der Waals surface area contributed by atoms with E-state index in [1.165, 1.54) is 51.4 Å². The van der Waals surface area contributed by atoms with Gasteiger partial charge in [0, 0.05) is 18.8 Å². The lowest BCUT2D eigenvalue weighted by molar-refractivity contribution is -0.156. The van der Waals surface area contributed by atoms with Crippen LogP contribution < -0.4 is 0 Å². The van der Waals surface area contributed by atoms with Gasteiger partial charge in [0.15, 0.2) is 0 Å². The maximum absolute atomic E-state index is 13.3. The summed E-state index contributed by atoms with van der Waals surface area (Å²) in [5.41, 5.74) is 0.637. The predicted molar refractivity (Wildman–Crippen MR) is 106 cm³/mol. The SMILES string of the molecule is C[C@H](CCC(=O)O)[C@H]1CC[C@H]2[C@@H]3C(=O)C[C@@H]4CCCC[C@]4(C)[C@H]3CC[C@]12C. The molecule has 0 saturated heterocycles. The fourth-order valence-corrected chi connectivity index (χ4v) is 8.49. The molecule has 3 nitrogen and oxygen atoms in total. The highest BCUT2D eigenvalue weighted by Crippen LogP contribution is 2.67. The van der Waals surface area contributed by atoms with Crippen molar-refractivity contribution in [1.29, 1.82) is 0 Å². The average Bonchev–Trinajstić information content (AvgIpc) is 2.97. The Hall–Kier alpha value is -0.860. The Kier molecular flexibility index (Phi) is 4.96. The first kappa shape index (κ1) is 19.5. The molecule has 0 heterocycles. The first-order valence-corrected chi connectivity index (χ1v) is 11.5. The summed E-state index contributed by atoms with van der Waals surface area (Å²) in [7, 11) is 0. The molecule has 0 aromatic heterocycles. The minimum absolute atomic E-state index is 0.243. The normalized spacial score (nSPS) is 47.7. The van der Waals surface area contributed by atoms with E-state index >= 15 is 0 Å². The number of hydrogen-bond donors (Lipinski definition) is 1. The lowest BCUT2D eigenvalue weighted by atomic mass is 9.44. The second kappa shape index (κ2) is 6.88. The molecule has 8 atom stereocenters. The van der Waals surface area contributed by atoms with E-state index < -0.39 is 5.97 Å². The van der Waals surface area contributed by atoms with Gasteiger partial charge >= 0.3 is 5.97 Å². The third-order valence-electron chi connectivity index (χ3n) is 9.96. The molecule has 0 unspecified atom stereocenters. The van der Waals surface area contributed by atoms with Crippen LogP contribution in [0.15, 0.2) is 0 Å². The molecule has 152 valence electrons. The largest absolute Gasteiger partial charge is 0.481 e. The van der Waals surface area contributed by atoms with Crippen LogP contribution in [-0.2, 0) is 9.59 Å². The molecule has 0 amide bonds. The molecule has 4 fully saturated rings. The Balaban J connectivity index is 1.57. The van der Waals surface area contributed by atoms with Gasteiger partial charge in [-0.3, -0.25) is 9.59 Å². The average molecular weight is 375 g/mol. The summed E-state index contributed by atoms with van der Waals surface area (Å²) in [6.07, 6.45) is 12.0. The van der Waals surface area contributed by atoms with E-state index in [2.05, 4.69) is 20.8 Å². The number of Topliss-reactive ketones (excluding diaryl/α,β-unsaturated/α-hetero) is 1. The number of ketones is 1. The zero-order valence-electron chi connectivity index (χ0n) is 17.5. The second-order valence-corrected chi connectivity index (χ2v) is 11.0. The van der Waals surface area contributed by atoms with Crippen LogP contribution >= 0.6 is 0 Å². The van der Waals surface area contributed by atoms with E-state index in [0.29, 0.717) is 46.7 Å². The first-order chi connectivity index (χ1) is 12.8. The van der Waals surface area contributed by atoms with Crippen molar-refractivity contribution >= 4 is 11.8 Å². The summed E-state index contributed by atoms with van der Waals surface area (Å²) in [4.78, 5) is 24.4. The fraction of sp³-hybridized carbons (Fsp3) is 0.917. The highest BCUT2D eigenvalue weighted by Gasteiger charge is 2.62. The van der Waals surface area contributed by atoms with E-state index in [1.807, 2.05) is 0 Å². The first-order valence-electron chi connectivity index (χ1n) is 11.5. The Morgan fingerprint density at radius 2 is 1.81 bits per heavy atom. The molecular weight excluding hydrogens is 336 g/mol. The molecule has 0 bridgehead atoms. The maximum atomic E-state index is 13.3. The molecule has 1 N–H and O–H groups in total. The fourth-order valence-electron chi connectivity index (χ4n) is 8.49. The minimum atomic E-state index is -0.677. The third-order valence-corrected chi connectivity index (χ3v) is 9.96. The summed E-state index contributed by atoms with van der Waals surface area (Å²) in [6, 6.07) is 0. The van der Waals surface area contributed by atoms with Crippen molar-refractivity contribution in [3.05, 3.63) is 0 Å². The van der Waals surface area contributed by atoms with Gasteiger partial charge in [-0.15, -0.1) is 0 Å². The Bertz CT molecular complexity index is 613. The number of hydrogen-bond acceptors (Lipinski definition) is 2. The summed E-state index contributed by atoms with van der Waals surface area (Å²) < 4.78 is 0. The predicted octanol–water partition coefficient (Wildman–Crippen LogP) is 5.72. The van der Waals surface area contributed by atoms with Crippen LogP contribution in [0.25, 0.3) is 0 Å². The molecule has 0 aliphatic heterocycles. The van der Waals surface area contributed by atoms with Gasteiger partial charge in [-0.25, -0.2) is 0 Å². The molecule has 4 saturated carbocycles. The number of carboxylic acid groups (broad SMARTS) is 1. The molecule has 0 aromatic rings. The molecule has 0 radical (unpaired) electrons. The quantitative estimate of drug-likeness (QED) is 0.685. The van der Waals surface area contributed by atoms with E-state index in [0.717, 1.165) is 12.8 Å². The minimum Gasteiger partial charge on any atom is -0.481 e. The third kappa shape index (κ3) is 2.99. The van der Waals surface area contributed by atoms with Crippen LogP contribution in [0.1, 0.15) is 91.4 Å². The summed E-state index contributed by atoms with van der Waals surface area (Å²) >= 11 is 0. The number of carbonyl (C=O) groups is 2. The molecule has 4 aliphatic carbocycles. The number of rotatable bonds is 4. The molecule has 0 aromatic carbocycles. The molecule has 3 heteroatoms. The van der Waals surface area contributed by atoms with Gasteiger partial charge in [0.2, 0.25) is 0 Å². The van der Waals surface area contributed by atoms with Crippen molar-refractivity contribution < 1.29 is 14.7 Å². The lowest BCUT2D eigenvalue weighted by Gasteiger charge is -2.60. The van der Waals surface area contributed by atoms with Gasteiger partial charge in [-0.2, -0.15) is 0 Å². The summed E-state index contributed by atoms with van der Waals surface area (Å²) in [6.45, 7) is 7.23. The van der Waals surface area contributed by atoms with Gasteiger partial charge in [0.1, 0.15) is 5.78 Å². The zero-order valence-corrected chi connectivity index (χ0v) is 17.5. The Morgan fingerprint density at radius 1 is 1.07 bits per heavy atom. The van der Waals surface area contributed by atoms with Gasteiger partial charge in [-0.1, -0.05) is 33.6 Å². The van der Waals surface area contributed by atoms with Crippen molar-refractivity contribution in [3.63, 3.8) is 0 Å². The van der Waals surface area contributed by atoms with Crippen LogP contribution in [0.2, 0.25) is 0 Å². The van der Waals surface area contributed by atoms with Crippen molar-refractivity contribution in [1.82, 2.24) is 0 Å². The van der Waals surface area contributed by atoms with E-state index in [4.69, 9.17) is 5.11 Å². The van der Waals surface area contributed by atoms with Gasteiger partial charge in [0.25, 0.3) is 0 Å². The van der Waals surface area contributed by atoms with E-state index in [-0.39, 0.29) is 11.8 Å². The smallest absolute Gasteiger partial charge is 0.303 e. The van der Waals surface area contributed by atoms with E-state index in [9.17, 15) is 9.59 Å². The van der Waals surface area contributed by atoms with Crippen molar-refractivity contribution in [2.75, 3.05) is 0 Å². The maximum Gasteiger partial charge on any atom is 0.303 e. The summed E-state index contributed by atoms with van der Waals surface area (Å²) in [5.74, 6) is 3.02. The van der Waals surface area contributed by atoms with Crippen LogP contribution in [0.5, 0.6) is 0 Å². The molecule has 0 spiro atoms. The zero-order chi connectivity index (χ0) is 19.4.